The van der Waals surface area contributed by atoms with Crippen LogP contribution in [0.2, 0.25) is 0 Å². The summed E-state index contributed by atoms with van der Waals surface area (Å²) in [6.45, 7) is 3.01. The lowest BCUT2D eigenvalue weighted by atomic mass is 10.0. The standard InChI is InChI=1S/C16H17Br2FN2/c1-2-6-20-15(8-11-4-3-5-13(19)7-11)16-14(18)9-12(17)10-21-16/h3-5,7,9-10,15,20H,2,6,8H2,1H3. The fraction of sp³-hybridized carbons (Fsp3) is 0.312. The van der Waals surface area contributed by atoms with Crippen LogP contribution in [0.1, 0.15) is 30.6 Å². The molecule has 0 bridgehead atoms. The van der Waals surface area contributed by atoms with E-state index in [4.69, 9.17) is 0 Å². The van der Waals surface area contributed by atoms with Crippen molar-refractivity contribution in [1.82, 2.24) is 10.3 Å². The predicted molar refractivity (Wildman–Crippen MR) is 90.8 cm³/mol. The highest BCUT2D eigenvalue weighted by Gasteiger charge is 2.16. The molecule has 2 nitrogen and oxygen atoms in total. The Balaban J connectivity index is 2.25. The van der Waals surface area contributed by atoms with Gasteiger partial charge in [0.05, 0.1) is 11.7 Å². The highest BCUT2D eigenvalue weighted by molar-refractivity contribution is 9.11. The molecule has 21 heavy (non-hydrogen) atoms. The Bertz CT molecular complexity index is 605. The molecule has 2 aromatic rings. The third kappa shape index (κ3) is 4.87. The van der Waals surface area contributed by atoms with E-state index in [-0.39, 0.29) is 11.9 Å². The third-order valence-electron chi connectivity index (χ3n) is 3.14. The van der Waals surface area contributed by atoms with E-state index in [0.29, 0.717) is 6.42 Å². The van der Waals surface area contributed by atoms with Crippen molar-refractivity contribution >= 4 is 31.9 Å². The smallest absolute Gasteiger partial charge is 0.123 e. The molecule has 1 atom stereocenters. The summed E-state index contributed by atoms with van der Waals surface area (Å²) in [5.41, 5.74) is 1.90. The first kappa shape index (κ1) is 16.6. The van der Waals surface area contributed by atoms with Crippen molar-refractivity contribution in [1.29, 1.82) is 0 Å². The minimum absolute atomic E-state index is 0.0502. The molecule has 0 fully saturated rings. The van der Waals surface area contributed by atoms with Gasteiger partial charge in [-0.25, -0.2) is 4.39 Å². The van der Waals surface area contributed by atoms with E-state index in [0.717, 1.165) is 33.2 Å². The maximum absolute atomic E-state index is 13.4. The van der Waals surface area contributed by atoms with Crippen molar-refractivity contribution in [2.24, 2.45) is 0 Å². The van der Waals surface area contributed by atoms with Gasteiger partial charge in [-0.1, -0.05) is 19.1 Å². The fourth-order valence-corrected chi connectivity index (χ4v) is 3.43. The van der Waals surface area contributed by atoms with Crippen molar-refractivity contribution in [3.05, 3.63) is 62.5 Å². The molecule has 0 aliphatic rings. The van der Waals surface area contributed by atoms with Crippen LogP contribution in [0, 0.1) is 5.82 Å². The molecule has 0 saturated carbocycles. The predicted octanol–water partition coefficient (Wildman–Crippen LogP) is 5.03. The van der Waals surface area contributed by atoms with E-state index in [1.54, 1.807) is 18.3 Å². The van der Waals surface area contributed by atoms with Crippen molar-refractivity contribution in [2.75, 3.05) is 6.54 Å². The number of halogens is 3. The molecular formula is C16H17Br2FN2. The molecule has 0 aliphatic heterocycles. The summed E-state index contributed by atoms with van der Waals surface area (Å²) in [7, 11) is 0. The van der Waals surface area contributed by atoms with Gasteiger partial charge >= 0.3 is 0 Å². The van der Waals surface area contributed by atoms with Gasteiger partial charge < -0.3 is 5.32 Å². The first-order chi connectivity index (χ1) is 10.1. The first-order valence-electron chi connectivity index (χ1n) is 6.89. The van der Waals surface area contributed by atoms with Gasteiger partial charge in [0.15, 0.2) is 0 Å². The summed E-state index contributed by atoms with van der Waals surface area (Å²) in [6, 6.07) is 8.75. The molecule has 0 amide bonds. The zero-order valence-corrected chi connectivity index (χ0v) is 14.9. The normalized spacial score (nSPS) is 12.4. The van der Waals surface area contributed by atoms with Gasteiger partial charge in [-0.3, -0.25) is 4.98 Å². The highest BCUT2D eigenvalue weighted by atomic mass is 79.9. The molecule has 0 aliphatic carbocycles. The fourth-order valence-electron chi connectivity index (χ4n) is 2.17. The lowest BCUT2D eigenvalue weighted by Crippen LogP contribution is -2.25. The highest BCUT2D eigenvalue weighted by Crippen LogP contribution is 2.27. The monoisotopic (exact) mass is 414 g/mol. The molecule has 2 rings (SSSR count). The van der Waals surface area contributed by atoms with Crippen LogP contribution in [0.3, 0.4) is 0 Å². The van der Waals surface area contributed by atoms with Crippen LogP contribution < -0.4 is 5.32 Å². The maximum Gasteiger partial charge on any atom is 0.123 e. The molecule has 0 radical (unpaired) electrons. The molecule has 5 heteroatoms. The van der Waals surface area contributed by atoms with Crippen molar-refractivity contribution in [3.8, 4) is 0 Å². The topological polar surface area (TPSA) is 24.9 Å². The van der Waals surface area contributed by atoms with E-state index in [1.807, 2.05) is 12.1 Å². The molecule has 0 spiro atoms. The summed E-state index contributed by atoms with van der Waals surface area (Å²) in [4.78, 5) is 4.50. The van der Waals surface area contributed by atoms with Gasteiger partial charge in [0, 0.05) is 15.1 Å². The van der Waals surface area contributed by atoms with E-state index in [1.165, 1.54) is 6.07 Å². The molecule has 1 unspecified atom stereocenters. The van der Waals surface area contributed by atoms with E-state index < -0.39 is 0 Å². The molecule has 0 saturated heterocycles. The third-order valence-corrected chi connectivity index (χ3v) is 4.20. The van der Waals surface area contributed by atoms with Gasteiger partial charge in [0.1, 0.15) is 5.82 Å². The lowest BCUT2D eigenvalue weighted by Gasteiger charge is -2.19. The van der Waals surface area contributed by atoms with Gasteiger partial charge in [0.2, 0.25) is 0 Å². The van der Waals surface area contributed by atoms with Gasteiger partial charge in [-0.2, -0.15) is 0 Å². The zero-order chi connectivity index (χ0) is 15.2. The van der Waals surface area contributed by atoms with Crippen LogP contribution in [-0.2, 0) is 6.42 Å². The second-order valence-corrected chi connectivity index (χ2v) is 6.63. The van der Waals surface area contributed by atoms with Crippen molar-refractivity contribution in [3.63, 3.8) is 0 Å². The summed E-state index contributed by atoms with van der Waals surface area (Å²) in [5.74, 6) is -0.204. The average Bonchev–Trinajstić information content (AvgIpc) is 2.44. The number of benzene rings is 1. The van der Waals surface area contributed by atoms with E-state index in [9.17, 15) is 4.39 Å². The van der Waals surface area contributed by atoms with Crippen molar-refractivity contribution in [2.45, 2.75) is 25.8 Å². The van der Waals surface area contributed by atoms with E-state index in [2.05, 4.69) is 49.1 Å². The minimum Gasteiger partial charge on any atom is -0.308 e. The number of rotatable bonds is 6. The molecule has 1 N–H and O–H groups in total. The van der Waals surface area contributed by atoms with Crippen LogP contribution in [0.15, 0.2) is 45.5 Å². The van der Waals surface area contributed by atoms with E-state index >= 15 is 0 Å². The molecule has 1 aromatic heterocycles. The summed E-state index contributed by atoms with van der Waals surface area (Å²) < 4.78 is 15.2. The van der Waals surface area contributed by atoms with Crippen LogP contribution in [0.4, 0.5) is 4.39 Å². The maximum atomic E-state index is 13.4. The minimum atomic E-state index is -0.204. The molecular weight excluding hydrogens is 399 g/mol. The number of hydrogen-bond acceptors (Lipinski definition) is 2. The summed E-state index contributed by atoms with van der Waals surface area (Å²) in [6.07, 6.45) is 3.52. The second-order valence-electron chi connectivity index (χ2n) is 4.86. The Morgan fingerprint density at radius 3 is 2.76 bits per heavy atom. The quantitative estimate of drug-likeness (QED) is 0.715. The lowest BCUT2D eigenvalue weighted by molar-refractivity contribution is 0.514. The Labute approximate surface area is 141 Å². The van der Waals surface area contributed by atoms with Crippen LogP contribution in [-0.4, -0.2) is 11.5 Å². The molecule has 1 heterocycles. The van der Waals surface area contributed by atoms with Gasteiger partial charge in [-0.05, 0) is 75.0 Å². The molecule has 112 valence electrons. The van der Waals surface area contributed by atoms with Crippen LogP contribution in [0.25, 0.3) is 0 Å². The SMILES string of the molecule is CCCNC(Cc1cccc(F)c1)c1ncc(Br)cc1Br. The van der Waals surface area contributed by atoms with Gasteiger partial charge in [-0.15, -0.1) is 0 Å². The number of pyridine rings is 1. The average molecular weight is 416 g/mol. The number of aromatic nitrogens is 1. The van der Waals surface area contributed by atoms with Crippen molar-refractivity contribution < 1.29 is 4.39 Å². The Kier molecular flexibility index (Phi) is 6.33. The largest absolute Gasteiger partial charge is 0.308 e. The summed E-state index contributed by atoms with van der Waals surface area (Å²) >= 11 is 6.97. The summed E-state index contributed by atoms with van der Waals surface area (Å²) in [5, 5.41) is 3.48. The number of nitrogens with zero attached hydrogens (tertiary/aromatic N) is 1. The Hall–Kier alpha value is -0.780. The Morgan fingerprint density at radius 1 is 1.29 bits per heavy atom. The molecule has 1 aromatic carbocycles. The van der Waals surface area contributed by atoms with Crippen LogP contribution >= 0.6 is 31.9 Å². The van der Waals surface area contributed by atoms with Gasteiger partial charge in [0.25, 0.3) is 0 Å². The first-order valence-corrected chi connectivity index (χ1v) is 8.47. The van der Waals surface area contributed by atoms with Crippen LogP contribution in [0.5, 0.6) is 0 Å². The number of nitrogens with one attached hydrogen (secondary N) is 1. The number of hydrogen-bond donors (Lipinski definition) is 1. The Morgan fingerprint density at radius 2 is 2.10 bits per heavy atom. The second kappa shape index (κ2) is 8.01. The zero-order valence-electron chi connectivity index (χ0n) is 11.7.